The molecular weight excluding hydrogens is 459 g/mol. The van der Waals surface area contributed by atoms with E-state index in [0.717, 1.165) is 64.9 Å². The maximum atomic E-state index is 14.9. The van der Waals surface area contributed by atoms with E-state index >= 15 is 0 Å². The SMILES string of the molecule is CN=CCC(=NCNCC1(C)CCOCC1)c1cc(NC2CCC(NC(C)COC)CC2)ncc1F. The van der Waals surface area contributed by atoms with Gasteiger partial charge in [-0.3, -0.25) is 10.3 Å². The summed E-state index contributed by atoms with van der Waals surface area (Å²) < 4.78 is 25.6. The molecule has 8 nitrogen and oxygen atoms in total. The van der Waals surface area contributed by atoms with Crippen LogP contribution in [0.1, 0.15) is 64.4 Å². The number of methoxy groups -OCH3 is 1. The number of halogens is 1. The van der Waals surface area contributed by atoms with Crippen LogP contribution in [0.3, 0.4) is 0 Å². The van der Waals surface area contributed by atoms with Crippen LogP contribution in [0.15, 0.2) is 22.2 Å². The molecule has 3 N–H and O–H groups in total. The van der Waals surface area contributed by atoms with Crippen LogP contribution >= 0.6 is 0 Å². The average Bonchev–Trinajstić information content (AvgIpc) is 2.87. The molecule has 1 aromatic heterocycles. The van der Waals surface area contributed by atoms with Crippen LogP contribution in [0.5, 0.6) is 0 Å². The second-order valence-corrected chi connectivity index (χ2v) is 10.5. The Labute approximate surface area is 216 Å². The third-order valence-corrected chi connectivity index (χ3v) is 7.28. The van der Waals surface area contributed by atoms with E-state index in [1.807, 2.05) is 0 Å². The number of nitrogens with zero attached hydrogens (tertiary/aromatic N) is 3. The van der Waals surface area contributed by atoms with Crippen molar-refractivity contribution in [3.05, 3.63) is 23.6 Å². The van der Waals surface area contributed by atoms with Crippen LogP contribution in [0.25, 0.3) is 0 Å². The monoisotopic (exact) mass is 504 g/mol. The molecule has 36 heavy (non-hydrogen) atoms. The van der Waals surface area contributed by atoms with Crippen LogP contribution in [0.4, 0.5) is 10.2 Å². The molecule has 0 radical (unpaired) electrons. The number of nitrogens with one attached hydrogen (secondary N) is 3. The summed E-state index contributed by atoms with van der Waals surface area (Å²) in [6, 6.07) is 2.98. The van der Waals surface area contributed by atoms with E-state index in [9.17, 15) is 4.39 Å². The van der Waals surface area contributed by atoms with Crippen molar-refractivity contribution in [2.24, 2.45) is 15.4 Å². The van der Waals surface area contributed by atoms with Crippen LogP contribution in [-0.4, -0.2) is 82.2 Å². The Bertz CT molecular complexity index is 851. The smallest absolute Gasteiger partial charge is 0.150 e. The zero-order valence-electron chi connectivity index (χ0n) is 22.5. The molecule has 0 spiro atoms. The van der Waals surface area contributed by atoms with Crippen molar-refractivity contribution in [2.75, 3.05) is 52.5 Å². The molecule has 3 rings (SSSR count). The van der Waals surface area contributed by atoms with Crippen molar-refractivity contribution in [2.45, 2.75) is 76.9 Å². The third-order valence-electron chi connectivity index (χ3n) is 7.28. The first-order chi connectivity index (χ1) is 17.4. The number of ether oxygens (including phenoxy) is 2. The highest BCUT2D eigenvalue weighted by Crippen LogP contribution is 2.28. The summed E-state index contributed by atoms with van der Waals surface area (Å²) in [5.41, 5.74) is 1.37. The summed E-state index contributed by atoms with van der Waals surface area (Å²) in [5, 5.41) is 10.6. The van der Waals surface area contributed by atoms with Crippen LogP contribution < -0.4 is 16.0 Å². The van der Waals surface area contributed by atoms with Gasteiger partial charge >= 0.3 is 0 Å². The number of rotatable bonds is 13. The van der Waals surface area contributed by atoms with E-state index in [0.29, 0.717) is 48.3 Å². The normalized spacial score (nSPS) is 23.6. The van der Waals surface area contributed by atoms with Gasteiger partial charge in [0.2, 0.25) is 0 Å². The Kier molecular flexibility index (Phi) is 11.7. The molecule has 1 aromatic rings. The summed E-state index contributed by atoms with van der Waals surface area (Å²) in [6.45, 7) is 8.07. The highest BCUT2D eigenvalue weighted by Gasteiger charge is 2.27. The molecule has 1 unspecified atom stereocenters. The molecule has 1 saturated carbocycles. The van der Waals surface area contributed by atoms with Crippen LogP contribution in [-0.2, 0) is 9.47 Å². The van der Waals surface area contributed by atoms with Crippen molar-refractivity contribution < 1.29 is 13.9 Å². The minimum absolute atomic E-state index is 0.216. The van der Waals surface area contributed by atoms with E-state index < -0.39 is 0 Å². The predicted octanol–water partition coefficient (Wildman–Crippen LogP) is 3.81. The molecule has 0 aromatic carbocycles. The third kappa shape index (κ3) is 9.18. The predicted molar refractivity (Wildman–Crippen MR) is 145 cm³/mol. The van der Waals surface area contributed by atoms with Gasteiger partial charge in [0.05, 0.1) is 25.2 Å². The molecule has 1 atom stereocenters. The lowest BCUT2D eigenvalue weighted by atomic mass is 9.82. The van der Waals surface area contributed by atoms with Gasteiger partial charge in [0, 0.05) is 70.2 Å². The maximum absolute atomic E-state index is 14.9. The Morgan fingerprint density at radius 1 is 1.28 bits per heavy atom. The summed E-state index contributed by atoms with van der Waals surface area (Å²) >= 11 is 0. The van der Waals surface area contributed by atoms with E-state index in [1.165, 1.54) is 6.20 Å². The Balaban J connectivity index is 1.58. The standard InChI is InChI=1S/C27H45FN6O2/c1-20(17-35-4)33-21-5-7-22(8-6-21)34-26-15-23(24(28)16-31-26)25(9-12-29-3)32-19-30-18-27(2)10-13-36-14-11-27/h12,15-16,20-22,30,33H,5-11,13-14,17-19H2,1-4H3,(H,31,34). The van der Waals surface area contributed by atoms with Gasteiger partial charge in [-0.25, -0.2) is 9.37 Å². The quantitative estimate of drug-likeness (QED) is 0.280. The highest BCUT2D eigenvalue weighted by atomic mass is 19.1. The van der Waals surface area contributed by atoms with Crippen molar-refractivity contribution in [1.82, 2.24) is 15.6 Å². The van der Waals surface area contributed by atoms with Gasteiger partial charge in [-0.1, -0.05) is 6.92 Å². The molecule has 1 aliphatic heterocycles. The summed E-state index contributed by atoms with van der Waals surface area (Å²) in [4.78, 5) is 13.1. The molecule has 2 aliphatic rings. The molecule has 2 fully saturated rings. The van der Waals surface area contributed by atoms with Crippen LogP contribution in [0.2, 0.25) is 0 Å². The number of pyridine rings is 1. The number of aromatic nitrogens is 1. The second-order valence-electron chi connectivity index (χ2n) is 10.5. The Morgan fingerprint density at radius 3 is 2.69 bits per heavy atom. The average molecular weight is 505 g/mol. The van der Waals surface area contributed by atoms with Gasteiger partial charge in [0.25, 0.3) is 0 Å². The Morgan fingerprint density at radius 2 is 2.00 bits per heavy atom. The number of aliphatic imine (C=N–C) groups is 2. The zero-order valence-corrected chi connectivity index (χ0v) is 22.5. The van der Waals surface area contributed by atoms with E-state index in [1.54, 1.807) is 26.4 Å². The highest BCUT2D eigenvalue weighted by molar-refractivity contribution is 6.07. The lowest BCUT2D eigenvalue weighted by Gasteiger charge is -2.33. The largest absolute Gasteiger partial charge is 0.383 e. The van der Waals surface area contributed by atoms with Crippen molar-refractivity contribution in [1.29, 1.82) is 0 Å². The maximum Gasteiger partial charge on any atom is 0.150 e. The summed E-state index contributed by atoms with van der Waals surface area (Å²) in [5.74, 6) is 0.333. The molecule has 0 amide bonds. The van der Waals surface area contributed by atoms with Gasteiger partial charge in [-0.05, 0) is 56.9 Å². The minimum atomic E-state index is -0.361. The number of hydrogen-bond acceptors (Lipinski definition) is 8. The first kappa shape index (κ1) is 28.6. The fourth-order valence-electron chi connectivity index (χ4n) is 5.04. The molecule has 2 heterocycles. The zero-order chi connectivity index (χ0) is 25.8. The lowest BCUT2D eigenvalue weighted by molar-refractivity contribution is 0.0243. The van der Waals surface area contributed by atoms with Crippen LogP contribution in [0, 0.1) is 11.2 Å². The summed E-state index contributed by atoms with van der Waals surface area (Å²) in [7, 11) is 3.46. The fourth-order valence-corrected chi connectivity index (χ4v) is 5.04. The molecule has 1 saturated heterocycles. The van der Waals surface area contributed by atoms with Gasteiger partial charge in [0.15, 0.2) is 5.82 Å². The van der Waals surface area contributed by atoms with E-state index in [-0.39, 0.29) is 11.2 Å². The van der Waals surface area contributed by atoms with E-state index in [2.05, 4.69) is 39.8 Å². The minimum Gasteiger partial charge on any atom is -0.383 e. The van der Waals surface area contributed by atoms with E-state index in [4.69, 9.17) is 14.5 Å². The molecule has 0 bridgehead atoms. The summed E-state index contributed by atoms with van der Waals surface area (Å²) in [6.07, 6.45) is 9.89. The lowest BCUT2D eigenvalue weighted by Crippen LogP contribution is -2.42. The van der Waals surface area contributed by atoms with Crippen molar-refractivity contribution in [3.8, 4) is 0 Å². The van der Waals surface area contributed by atoms with Gasteiger partial charge in [0.1, 0.15) is 5.82 Å². The number of hydrogen-bond donors (Lipinski definition) is 3. The molecular formula is C27H45FN6O2. The first-order valence-corrected chi connectivity index (χ1v) is 13.3. The molecule has 1 aliphatic carbocycles. The number of anilines is 1. The first-order valence-electron chi connectivity index (χ1n) is 13.3. The van der Waals surface area contributed by atoms with Gasteiger partial charge < -0.3 is 25.1 Å². The van der Waals surface area contributed by atoms with Crippen molar-refractivity contribution in [3.63, 3.8) is 0 Å². The Hall–Kier alpha value is -1.94. The molecule has 9 heteroatoms. The topological polar surface area (TPSA) is 92.2 Å². The van der Waals surface area contributed by atoms with Crippen molar-refractivity contribution >= 4 is 17.7 Å². The van der Waals surface area contributed by atoms with Gasteiger partial charge in [-0.2, -0.15) is 0 Å². The fraction of sp³-hybridized carbons (Fsp3) is 0.741. The van der Waals surface area contributed by atoms with Gasteiger partial charge in [-0.15, -0.1) is 0 Å². The second kappa shape index (κ2) is 14.7. The molecule has 202 valence electrons.